The van der Waals surface area contributed by atoms with Crippen LogP contribution in [0.3, 0.4) is 0 Å². The molecule has 0 unspecified atom stereocenters. The maximum absolute atomic E-state index is 10.7. The lowest BCUT2D eigenvalue weighted by atomic mass is 9.82. The molecular weight excluding hydrogens is 182 g/mol. The second-order valence-corrected chi connectivity index (χ2v) is 4.27. The minimum atomic E-state index is -1.23. The molecule has 0 atom stereocenters. The third kappa shape index (κ3) is 2.47. The number of carboxylic acids is 1. The zero-order chi connectivity index (χ0) is 10.8. The second kappa shape index (κ2) is 3.98. The van der Waals surface area contributed by atoms with Gasteiger partial charge in [-0.1, -0.05) is 11.6 Å². The fourth-order valence-electron chi connectivity index (χ4n) is 1.13. The number of carboxylic acid groups (broad SMARTS) is 1. The number of hydrogen-bond donors (Lipinski definition) is 1. The predicted octanol–water partition coefficient (Wildman–Crippen LogP) is 2.04. The zero-order valence-corrected chi connectivity index (χ0v) is 8.91. The summed E-state index contributed by atoms with van der Waals surface area (Å²) in [6.45, 7) is 4.88. The highest BCUT2D eigenvalue weighted by atomic mass is 16.7. The SMILES string of the molecule is C/C(=N\OC(C)(C)C(=O)O)C1CCC1. The maximum Gasteiger partial charge on any atom is 0.350 e. The summed E-state index contributed by atoms with van der Waals surface area (Å²) in [4.78, 5) is 15.7. The van der Waals surface area contributed by atoms with Crippen molar-refractivity contribution in [1.82, 2.24) is 0 Å². The van der Waals surface area contributed by atoms with Crippen LogP contribution in [0.5, 0.6) is 0 Å². The van der Waals surface area contributed by atoms with Crippen molar-refractivity contribution in [2.45, 2.75) is 45.6 Å². The lowest BCUT2D eigenvalue weighted by Crippen LogP contribution is -2.33. The summed E-state index contributed by atoms with van der Waals surface area (Å²) >= 11 is 0. The third-order valence-electron chi connectivity index (χ3n) is 2.63. The van der Waals surface area contributed by atoms with Gasteiger partial charge >= 0.3 is 5.97 Å². The van der Waals surface area contributed by atoms with Gasteiger partial charge < -0.3 is 9.94 Å². The summed E-state index contributed by atoms with van der Waals surface area (Å²) in [5, 5.41) is 12.6. The van der Waals surface area contributed by atoms with Crippen molar-refractivity contribution < 1.29 is 14.7 Å². The Morgan fingerprint density at radius 1 is 1.50 bits per heavy atom. The first-order valence-electron chi connectivity index (χ1n) is 4.89. The van der Waals surface area contributed by atoms with E-state index in [-0.39, 0.29) is 0 Å². The molecule has 80 valence electrons. The standard InChI is InChI=1S/C10H17NO3/c1-7(8-5-4-6-8)11-14-10(2,3)9(12)13/h8H,4-6H2,1-3H3,(H,12,13)/b11-7+. The molecule has 0 aromatic heterocycles. The Balaban J connectivity index is 2.48. The Bertz CT molecular complexity index is 254. The van der Waals surface area contributed by atoms with Gasteiger partial charge in [-0.25, -0.2) is 4.79 Å². The second-order valence-electron chi connectivity index (χ2n) is 4.27. The number of aliphatic carboxylic acids is 1. The average molecular weight is 199 g/mol. The molecule has 14 heavy (non-hydrogen) atoms. The topological polar surface area (TPSA) is 58.9 Å². The van der Waals surface area contributed by atoms with Gasteiger partial charge in [0.25, 0.3) is 0 Å². The Morgan fingerprint density at radius 2 is 2.07 bits per heavy atom. The van der Waals surface area contributed by atoms with Crippen LogP contribution >= 0.6 is 0 Å². The molecule has 0 aromatic rings. The monoisotopic (exact) mass is 199 g/mol. The summed E-state index contributed by atoms with van der Waals surface area (Å²) in [7, 11) is 0. The van der Waals surface area contributed by atoms with Crippen LogP contribution in [0.4, 0.5) is 0 Å². The van der Waals surface area contributed by atoms with Crippen molar-refractivity contribution >= 4 is 11.7 Å². The highest BCUT2D eigenvalue weighted by molar-refractivity contribution is 5.84. The van der Waals surface area contributed by atoms with Crippen LogP contribution < -0.4 is 0 Å². The average Bonchev–Trinajstić information content (AvgIpc) is 1.97. The van der Waals surface area contributed by atoms with E-state index < -0.39 is 11.6 Å². The highest BCUT2D eigenvalue weighted by Gasteiger charge is 2.30. The maximum atomic E-state index is 10.7. The Hall–Kier alpha value is -1.06. The van der Waals surface area contributed by atoms with Crippen LogP contribution in [0, 0.1) is 5.92 Å². The summed E-state index contributed by atoms with van der Waals surface area (Å²) < 4.78 is 0. The lowest BCUT2D eigenvalue weighted by molar-refractivity contribution is -0.161. The van der Waals surface area contributed by atoms with Gasteiger partial charge in [-0.3, -0.25) is 0 Å². The van der Waals surface area contributed by atoms with E-state index in [0.29, 0.717) is 5.92 Å². The fourth-order valence-corrected chi connectivity index (χ4v) is 1.13. The molecule has 0 radical (unpaired) electrons. The van der Waals surface area contributed by atoms with Crippen molar-refractivity contribution in [1.29, 1.82) is 0 Å². The Labute approximate surface area is 83.9 Å². The van der Waals surface area contributed by atoms with Crippen LogP contribution in [-0.2, 0) is 9.63 Å². The van der Waals surface area contributed by atoms with Gasteiger partial charge in [-0.2, -0.15) is 0 Å². The minimum absolute atomic E-state index is 0.500. The first-order valence-corrected chi connectivity index (χ1v) is 4.89. The lowest BCUT2D eigenvalue weighted by Gasteiger charge is -2.25. The van der Waals surface area contributed by atoms with Gasteiger partial charge in [0.05, 0.1) is 5.71 Å². The fraction of sp³-hybridized carbons (Fsp3) is 0.800. The summed E-state index contributed by atoms with van der Waals surface area (Å²) in [6, 6.07) is 0. The summed E-state index contributed by atoms with van der Waals surface area (Å²) in [6.07, 6.45) is 3.53. The molecule has 0 saturated heterocycles. The van der Waals surface area contributed by atoms with Crippen LogP contribution in [0.1, 0.15) is 40.0 Å². The van der Waals surface area contributed by atoms with Gasteiger partial charge in [0.1, 0.15) is 0 Å². The number of rotatable bonds is 4. The molecule has 1 aliphatic carbocycles. The smallest absolute Gasteiger partial charge is 0.350 e. The number of hydrogen-bond acceptors (Lipinski definition) is 3. The van der Waals surface area contributed by atoms with Crippen molar-refractivity contribution in [3.05, 3.63) is 0 Å². The van der Waals surface area contributed by atoms with Crippen LogP contribution in [0.15, 0.2) is 5.16 Å². The minimum Gasteiger partial charge on any atom is -0.478 e. The molecular formula is C10H17NO3. The van der Waals surface area contributed by atoms with E-state index in [1.54, 1.807) is 0 Å². The molecule has 4 nitrogen and oxygen atoms in total. The number of carbonyl (C=O) groups is 1. The van der Waals surface area contributed by atoms with Crippen LogP contribution in [-0.4, -0.2) is 22.4 Å². The van der Waals surface area contributed by atoms with E-state index in [1.807, 2.05) is 6.92 Å². The van der Waals surface area contributed by atoms with E-state index in [9.17, 15) is 4.79 Å². The summed E-state index contributed by atoms with van der Waals surface area (Å²) in [5.74, 6) is -0.498. The van der Waals surface area contributed by atoms with E-state index in [2.05, 4.69) is 5.16 Å². The normalized spacial score (nSPS) is 18.9. The molecule has 0 bridgehead atoms. The largest absolute Gasteiger partial charge is 0.478 e. The molecule has 0 amide bonds. The molecule has 0 heterocycles. The van der Waals surface area contributed by atoms with Gasteiger partial charge in [0.2, 0.25) is 5.60 Å². The van der Waals surface area contributed by atoms with E-state index in [4.69, 9.17) is 9.94 Å². The number of nitrogens with zero attached hydrogens (tertiary/aromatic N) is 1. The van der Waals surface area contributed by atoms with Crippen molar-refractivity contribution in [2.24, 2.45) is 11.1 Å². The quantitative estimate of drug-likeness (QED) is 0.556. The summed E-state index contributed by atoms with van der Waals surface area (Å²) in [5.41, 5.74) is -0.323. The van der Waals surface area contributed by atoms with Gasteiger partial charge in [-0.15, -0.1) is 0 Å². The molecule has 0 aliphatic heterocycles. The molecule has 1 N–H and O–H groups in total. The Kier molecular flexibility index (Phi) is 3.13. The van der Waals surface area contributed by atoms with E-state index in [0.717, 1.165) is 18.6 Å². The van der Waals surface area contributed by atoms with Crippen molar-refractivity contribution in [3.63, 3.8) is 0 Å². The van der Waals surface area contributed by atoms with E-state index >= 15 is 0 Å². The third-order valence-corrected chi connectivity index (χ3v) is 2.63. The van der Waals surface area contributed by atoms with Crippen molar-refractivity contribution in [2.75, 3.05) is 0 Å². The van der Waals surface area contributed by atoms with Crippen LogP contribution in [0.25, 0.3) is 0 Å². The zero-order valence-electron chi connectivity index (χ0n) is 8.91. The van der Waals surface area contributed by atoms with Gasteiger partial charge in [-0.05, 0) is 33.6 Å². The highest BCUT2D eigenvalue weighted by Crippen LogP contribution is 2.28. The van der Waals surface area contributed by atoms with Crippen LogP contribution in [0.2, 0.25) is 0 Å². The van der Waals surface area contributed by atoms with E-state index in [1.165, 1.54) is 20.3 Å². The van der Waals surface area contributed by atoms with Gasteiger partial charge in [0.15, 0.2) is 0 Å². The molecule has 1 aliphatic rings. The number of oxime groups is 1. The first kappa shape index (κ1) is 11.0. The Morgan fingerprint density at radius 3 is 2.43 bits per heavy atom. The predicted molar refractivity (Wildman–Crippen MR) is 53.2 cm³/mol. The molecule has 1 rings (SSSR count). The molecule has 0 aromatic carbocycles. The molecule has 1 fully saturated rings. The van der Waals surface area contributed by atoms with Crippen molar-refractivity contribution in [3.8, 4) is 0 Å². The molecule has 1 saturated carbocycles. The molecule has 4 heteroatoms. The molecule has 0 spiro atoms. The first-order chi connectivity index (χ1) is 6.43. The van der Waals surface area contributed by atoms with Gasteiger partial charge in [0, 0.05) is 5.92 Å².